The largest absolute Gasteiger partial charge is 0.480 e. The zero-order chi connectivity index (χ0) is 25.8. The number of hydrogen-bond donors (Lipinski definition) is 2. The van der Waals surface area contributed by atoms with Crippen LogP contribution in [-0.2, 0) is 21.0 Å². The van der Waals surface area contributed by atoms with Crippen LogP contribution in [0.15, 0.2) is 71.6 Å². The molecule has 0 aliphatic rings. The predicted octanol–water partition coefficient (Wildman–Crippen LogP) is 5.92. The molecule has 0 aromatic heterocycles. The lowest BCUT2D eigenvalue weighted by molar-refractivity contribution is -0.137. The van der Waals surface area contributed by atoms with E-state index in [1.165, 1.54) is 30.3 Å². The van der Waals surface area contributed by atoms with Crippen LogP contribution in [0.5, 0.6) is 5.75 Å². The van der Waals surface area contributed by atoms with Gasteiger partial charge in [0.25, 0.3) is 15.9 Å². The van der Waals surface area contributed by atoms with Gasteiger partial charge in [-0.15, -0.1) is 0 Å². The van der Waals surface area contributed by atoms with Gasteiger partial charge in [-0.25, -0.2) is 8.42 Å². The number of sulfonamides is 1. The molecule has 3 aromatic rings. The van der Waals surface area contributed by atoms with Crippen LogP contribution in [0.1, 0.15) is 30.0 Å². The van der Waals surface area contributed by atoms with Crippen LogP contribution in [0, 0.1) is 13.8 Å². The van der Waals surface area contributed by atoms with Gasteiger partial charge in [0.15, 0.2) is 6.10 Å². The van der Waals surface area contributed by atoms with Crippen LogP contribution in [0.3, 0.4) is 0 Å². The first-order valence-electron chi connectivity index (χ1n) is 10.7. The van der Waals surface area contributed by atoms with Crippen molar-refractivity contribution >= 4 is 27.3 Å². The summed E-state index contributed by atoms with van der Waals surface area (Å²) in [4.78, 5) is 12.5. The van der Waals surface area contributed by atoms with E-state index in [0.29, 0.717) is 23.9 Å². The number of ether oxygens (including phenoxy) is 1. The Morgan fingerprint density at radius 3 is 2.26 bits per heavy atom. The van der Waals surface area contributed by atoms with E-state index in [0.717, 1.165) is 23.3 Å². The molecule has 3 aromatic carbocycles. The Balaban J connectivity index is 1.70. The summed E-state index contributed by atoms with van der Waals surface area (Å²) in [7, 11) is -4.15. The number of halogens is 3. The van der Waals surface area contributed by atoms with Gasteiger partial charge in [0.05, 0.1) is 10.5 Å². The van der Waals surface area contributed by atoms with E-state index >= 15 is 0 Å². The number of carbonyl (C=O) groups is 1. The molecule has 0 fully saturated rings. The highest BCUT2D eigenvalue weighted by Gasteiger charge is 2.30. The lowest BCUT2D eigenvalue weighted by atomic mass is 10.1. The van der Waals surface area contributed by atoms with E-state index in [1.807, 2.05) is 32.9 Å². The molecular weight excluding hydrogens is 481 g/mol. The fourth-order valence-corrected chi connectivity index (χ4v) is 4.29. The van der Waals surface area contributed by atoms with Crippen molar-refractivity contribution in [2.24, 2.45) is 0 Å². The number of anilines is 2. The highest BCUT2D eigenvalue weighted by molar-refractivity contribution is 7.92. The molecule has 0 aliphatic carbocycles. The van der Waals surface area contributed by atoms with Crippen LogP contribution >= 0.6 is 0 Å². The molecule has 2 N–H and O–H groups in total. The Kier molecular flexibility index (Phi) is 7.74. The van der Waals surface area contributed by atoms with Gasteiger partial charge in [-0.05, 0) is 79.9 Å². The minimum atomic E-state index is -4.60. The SMILES string of the molecule is CC[C@@H](Oc1cccc(C)c1C)C(=O)Nc1ccc(S(=O)(=O)Nc2cccc(C(F)(F)F)c2)cc1. The van der Waals surface area contributed by atoms with Gasteiger partial charge in [-0.2, -0.15) is 13.2 Å². The Hall–Kier alpha value is -3.53. The van der Waals surface area contributed by atoms with Gasteiger partial charge in [-0.1, -0.05) is 25.1 Å². The van der Waals surface area contributed by atoms with Gasteiger partial charge in [0.1, 0.15) is 5.75 Å². The number of carbonyl (C=O) groups excluding carboxylic acids is 1. The number of rotatable bonds is 8. The third-order valence-electron chi connectivity index (χ3n) is 5.36. The maximum Gasteiger partial charge on any atom is 0.416 e. The molecule has 3 rings (SSSR count). The van der Waals surface area contributed by atoms with Crippen LogP contribution in [0.2, 0.25) is 0 Å². The van der Waals surface area contributed by atoms with Crippen molar-refractivity contribution in [1.29, 1.82) is 0 Å². The third kappa shape index (κ3) is 6.54. The van der Waals surface area contributed by atoms with Crippen LogP contribution < -0.4 is 14.8 Å². The topological polar surface area (TPSA) is 84.5 Å². The Bertz CT molecular complexity index is 1310. The molecule has 0 bridgehead atoms. The smallest absolute Gasteiger partial charge is 0.416 e. The van der Waals surface area contributed by atoms with E-state index in [2.05, 4.69) is 10.0 Å². The first kappa shape index (κ1) is 26.1. The summed E-state index contributed by atoms with van der Waals surface area (Å²) in [6.45, 7) is 5.66. The summed E-state index contributed by atoms with van der Waals surface area (Å²) < 4.78 is 71.9. The molecule has 0 saturated heterocycles. The van der Waals surface area contributed by atoms with Crippen molar-refractivity contribution in [3.05, 3.63) is 83.4 Å². The summed E-state index contributed by atoms with van der Waals surface area (Å²) in [6.07, 6.45) is -4.95. The van der Waals surface area contributed by atoms with E-state index in [1.54, 1.807) is 6.07 Å². The van der Waals surface area contributed by atoms with Gasteiger partial charge in [-0.3, -0.25) is 9.52 Å². The van der Waals surface area contributed by atoms with E-state index in [4.69, 9.17) is 4.74 Å². The molecule has 0 unspecified atom stereocenters. The molecule has 0 radical (unpaired) electrons. The third-order valence-corrected chi connectivity index (χ3v) is 6.76. The molecule has 10 heteroatoms. The number of aryl methyl sites for hydroxylation is 1. The zero-order valence-electron chi connectivity index (χ0n) is 19.3. The average molecular weight is 507 g/mol. The number of alkyl halides is 3. The number of benzene rings is 3. The zero-order valence-corrected chi connectivity index (χ0v) is 20.1. The number of amides is 1. The first-order valence-corrected chi connectivity index (χ1v) is 12.2. The minimum Gasteiger partial charge on any atom is -0.480 e. The van der Waals surface area contributed by atoms with Gasteiger partial charge in [0.2, 0.25) is 0 Å². The second-order valence-corrected chi connectivity index (χ2v) is 9.59. The monoisotopic (exact) mass is 506 g/mol. The second kappa shape index (κ2) is 10.4. The molecule has 186 valence electrons. The Morgan fingerprint density at radius 2 is 1.63 bits per heavy atom. The molecule has 0 spiro atoms. The summed E-state index contributed by atoms with van der Waals surface area (Å²) >= 11 is 0. The van der Waals surface area contributed by atoms with Crippen LogP contribution in [0.25, 0.3) is 0 Å². The van der Waals surface area contributed by atoms with Crippen molar-refractivity contribution in [1.82, 2.24) is 0 Å². The van der Waals surface area contributed by atoms with Gasteiger partial charge in [0, 0.05) is 11.4 Å². The molecule has 35 heavy (non-hydrogen) atoms. The molecule has 0 aliphatic heterocycles. The standard InChI is InChI=1S/C25H25F3N2O4S/c1-4-22(34-23-10-5-7-16(2)17(23)3)24(31)29-19-11-13-21(14-12-19)35(32,33)30-20-9-6-8-18(15-20)25(26,27)28/h5-15,22,30H,4H2,1-3H3,(H,29,31)/t22-/m1/s1. The number of hydrogen-bond acceptors (Lipinski definition) is 4. The summed E-state index contributed by atoms with van der Waals surface area (Å²) in [5.41, 5.74) is 1.13. The second-order valence-electron chi connectivity index (χ2n) is 7.91. The summed E-state index contributed by atoms with van der Waals surface area (Å²) in [5, 5.41) is 2.70. The maximum atomic E-state index is 12.9. The lowest BCUT2D eigenvalue weighted by Gasteiger charge is -2.19. The maximum absolute atomic E-state index is 12.9. The molecule has 6 nitrogen and oxygen atoms in total. The molecule has 0 saturated carbocycles. The molecule has 1 amide bonds. The van der Waals surface area contributed by atoms with Crippen molar-refractivity contribution in [2.75, 3.05) is 10.0 Å². The van der Waals surface area contributed by atoms with E-state index in [-0.39, 0.29) is 10.6 Å². The molecule has 1 atom stereocenters. The quantitative estimate of drug-likeness (QED) is 0.397. The van der Waals surface area contributed by atoms with Gasteiger partial charge < -0.3 is 10.1 Å². The average Bonchev–Trinajstić information content (AvgIpc) is 2.79. The van der Waals surface area contributed by atoms with Gasteiger partial charge >= 0.3 is 6.18 Å². The fraction of sp³-hybridized carbons (Fsp3) is 0.240. The lowest BCUT2D eigenvalue weighted by Crippen LogP contribution is -2.32. The minimum absolute atomic E-state index is 0.174. The first-order chi connectivity index (χ1) is 16.4. The molecular formula is C25H25F3N2O4S. The summed E-state index contributed by atoms with van der Waals surface area (Å²) in [6, 6.07) is 14.8. The molecule has 0 heterocycles. The van der Waals surface area contributed by atoms with E-state index in [9.17, 15) is 26.4 Å². The highest BCUT2D eigenvalue weighted by atomic mass is 32.2. The Labute approximate surface area is 202 Å². The van der Waals surface area contributed by atoms with Crippen molar-refractivity contribution in [3.8, 4) is 5.75 Å². The Morgan fingerprint density at radius 1 is 0.971 bits per heavy atom. The van der Waals surface area contributed by atoms with Crippen molar-refractivity contribution in [3.63, 3.8) is 0 Å². The number of nitrogens with one attached hydrogen (secondary N) is 2. The van der Waals surface area contributed by atoms with Crippen molar-refractivity contribution < 1.29 is 31.1 Å². The van der Waals surface area contributed by atoms with E-state index < -0.39 is 33.8 Å². The van der Waals surface area contributed by atoms with Crippen LogP contribution in [0.4, 0.5) is 24.5 Å². The van der Waals surface area contributed by atoms with Crippen molar-refractivity contribution in [2.45, 2.75) is 44.4 Å². The highest BCUT2D eigenvalue weighted by Crippen LogP contribution is 2.31. The predicted molar refractivity (Wildman–Crippen MR) is 128 cm³/mol. The fourth-order valence-electron chi connectivity index (χ4n) is 3.24. The summed E-state index contributed by atoms with van der Waals surface area (Å²) in [5.74, 6) is 0.209. The normalized spacial score (nSPS) is 12.6. The van der Waals surface area contributed by atoms with Crippen LogP contribution in [-0.4, -0.2) is 20.4 Å².